The van der Waals surface area contributed by atoms with E-state index in [0.29, 0.717) is 18.7 Å². The highest BCUT2D eigenvalue weighted by molar-refractivity contribution is 5.95. The fourth-order valence-corrected chi connectivity index (χ4v) is 2.83. The van der Waals surface area contributed by atoms with E-state index in [0.717, 1.165) is 12.1 Å². The van der Waals surface area contributed by atoms with E-state index in [9.17, 15) is 4.79 Å². The number of fused-ring (bicyclic) bond motifs is 1. The molecule has 0 radical (unpaired) electrons. The average molecular weight is 296 g/mol. The van der Waals surface area contributed by atoms with Crippen LogP contribution in [0.2, 0.25) is 0 Å². The van der Waals surface area contributed by atoms with Gasteiger partial charge in [0.05, 0.1) is 18.3 Å². The lowest BCUT2D eigenvalue weighted by Gasteiger charge is -2.29. The second kappa shape index (κ2) is 6.28. The number of aryl methyl sites for hydroxylation is 1. The Labute approximate surface area is 130 Å². The van der Waals surface area contributed by atoms with E-state index < -0.39 is 0 Å². The summed E-state index contributed by atoms with van der Waals surface area (Å²) in [5, 5.41) is 0. The maximum Gasteiger partial charge on any atom is 0.255 e. The van der Waals surface area contributed by atoms with Crippen LogP contribution in [-0.2, 0) is 17.8 Å². The molecule has 0 N–H and O–H groups in total. The van der Waals surface area contributed by atoms with E-state index in [2.05, 4.69) is 23.2 Å². The van der Waals surface area contributed by atoms with Crippen LogP contribution in [0.25, 0.3) is 0 Å². The molecule has 4 nitrogen and oxygen atoms in total. The van der Waals surface area contributed by atoms with Gasteiger partial charge in [0.15, 0.2) is 0 Å². The van der Waals surface area contributed by atoms with Crippen molar-refractivity contribution >= 4 is 5.91 Å². The van der Waals surface area contributed by atoms with E-state index in [1.165, 1.54) is 11.1 Å². The van der Waals surface area contributed by atoms with Gasteiger partial charge in [0, 0.05) is 31.9 Å². The molecule has 4 heteroatoms. The molecule has 0 aliphatic carbocycles. The van der Waals surface area contributed by atoms with Crippen molar-refractivity contribution in [3.63, 3.8) is 0 Å². The van der Waals surface area contributed by atoms with Crippen molar-refractivity contribution in [2.45, 2.75) is 26.1 Å². The zero-order valence-corrected chi connectivity index (χ0v) is 13.0. The Bertz CT molecular complexity index is 684. The van der Waals surface area contributed by atoms with Gasteiger partial charge in [0.1, 0.15) is 0 Å². The number of amides is 1. The van der Waals surface area contributed by atoms with Crippen molar-refractivity contribution < 1.29 is 9.53 Å². The molecule has 2 heterocycles. The molecule has 1 aromatic carbocycles. The summed E-state index contributed by atoms with van der Waals surface area (Å²) in [6.45, 7) is 3.06. The minimum atomic E-state index is -0.00643. The highest BCUT2D eigenvalue weighted by Crippen LogP contribution is 2.21. The van der Waals surface area contributed by atoms with Crippen molar-refractivity contribution in [3.05, 3.63) is 65.0 Å². The van der Waals surface area contributed by atoms with Gasteiger partial charge in [-0.3, -0.25) is 9.78 Å². The lowest BCUT2D eigenvalue weighted by atomic mass is 9.99. The Balaban J connectivity index is 1.67. The summed E-state index contributed by atoms with van der Waals surface area (Å²) in [6, 6.07) is 11.9. The van der Waals surface area contributed by atoms with Crippen molar-refractivity contribution in [2.24, 2.45) is 0 Å². The topological polar surface area (TPSA) is 42.4 Å². The van der Waals surface area contributed by atoms with Crippen molar-refractivity contribution in [3.8, 4) is 0 Å². The van der Waals surface area contributed by atoms with Crippen molar-refractivity contribution in [1.29, 1.82) is 0 Å². The molecule has 0 saturated heterocycles. The van der Waals surface area contributed by atoms with Crippen LogP contribution in [0.3, 0.4) is 0 Å². The van der Waals surface area contributed by atoms with Gasteiger partial charge in [-0.2, -0.15) is 0 Å². The number of benzene rings is 1. The second-order valence-electron chi connectivity index (χ2n) is 5.73. The van der Waals surface area contributed by atoms with Crippen molar-refractivity contribution in [1.82, 2.24) is 9.88 Å². The largest absolute Gasteiger partial charge is 0.371 e. The molecule has 3 rings (SSSR count). The molecule has 0 bridgehead atoms. The summed E-state index contributed by atoms with van der Waals surface area (Å²) in [6.07, 6.45) is 2.59. The number of nitrogens with zero attached hydrogens (tertiary/aromatic N) is 2. The van der Waals surface area contributed by atoms with Crippen LogP contribution >= 0.6 is 0 Å². The van der Waals surface area contributed by atoms with E-state index in [4.69, 9.17) is 4.74 Å². The number of hydrogen-bond acceptors (Lipinski definition) is 3. The molecule has 0 spiro atoms. The molecule has 1 amide bonds. The number of ether oxygens (including phenoxy) is 1. The van der Waals surface area contributed by atoms with Gasteiger partial charge in [-0.05, 0) is 30.2 Å². The molecule has 1 unspecified atom stereocenters. The fraction of sp³-hybridized carbons (Fsp3) is 0.333. The van der Waals surface area contributed by atoms with E-state index in [-0.39, 0.29) is 12.0 Å². The number of pyridine rings is 1. The predicted octanol–water partition coefficient (Wildman–Crippen LogP) is 2.60. The first-order valence-corrected chi connectivity index (χ1v) is 7.50. The van der Waals surface area contributed by atoms with Crippen LogP contribution < -0.4 is 0 Å². The Kier molecular flexibility index (Phi) is 4.20. The van der Waals surface area contributed by atoms with Crippen LogP contribution in [0.5, 0.6) is 0 Å². The molecule has 1 aromatic heterocycles. The molecule has 0 fully saturated rings. The van der Waals surface area contributed by atoms with Crippen LogP contribution in [0.1, 0.15) is 27.2 Å². The minimum Gasteiger partial charge on any atom is -0.371 e. The molecular weight excluding hydrogens is 276 g/mol. The molecule has 1 aliphatic heterocycles. The Morgan fingerprint density at radius 3 is 2.82 bits per heavy atom. The highest BCUT2D eigenvalue weighted by Gasteiger charge is 2.23. The van der Waals surface area contributed by atoms with Gasteiger partial charge in [-0.15, -0.1) is 0 Å². The van der Waals surface area contributed by atoms with Gasteiger partial charge in [-0.25, -0.2) is 0 Å². The third-order valence-corrected chi connectivity index (χ3v) is 4.10. The molecule has 1 aliphatic rings. The lowest BCUT2D eigenvalue weighted by molar-refractivity contribution is 0.00982. The fourth-order valence-electron chi connectivity index (χ4n) is 2.83. The highest BCUT2D eigenvalue weighted by atomic mass is 16.5. The van der Waals surface area contributed by atoms with Gasteiger partial charge in [0.2, 0.25) is 0 Å². The van der Waals surface area contributed by atoms with Gasteiger partial charge >= 0.3 is 0 Å². The van der Waals surface area contributed by atoms with E-state index in [1.807, 2.05) is 26.1 Å². The number of carbonyl (C=O) groups is 1. The summed E-state index contributed by atoms with van der Waals surface area (Å²) < 4.78 is 5.88. The second-order valence-corrected chi connectivity index (χ2v) is 5.73. The van der Waals surface area contributed by atoms with Gasteiger partial charge in [-0.1, -0.05) is 24.3 Å². The average Bonchev–Trinajstić information content (AvgIpc) is 2.54. The van der Waals surface area contributed by atoms with Crippen LogP contribution in [0.4, 0.5) is 0 Å². The quantitative estimate of drug-likeness (QED) is 0.874. The summed E-state index contributed by atoms with van der Waals surface area (Å²) in [4.78, 5) is 18.4. The molecule has 0 saturated carbocycles. The number of hydrogen-bond donors (Lipinski definition) is 0. The summed E-state index contributed by atoms with van der Waals surface area (Å²) in [5.74, 6) is -0.00643. The van der Waals surface area contributed by atoms with Crippen LogP contribution in [0.15, 0.2) is 42.6 Å². The summed E-state index contributed by atoms with van der Waals surface area (Å²) >= 11 is 0. The Morgan fingerprint density at radius 1 is 1.27 bits per heavy atom. The van der Waals surface area contributed by atoms with Gasteiger partial charge in [0.25, 0.3) is 5.91 Å². The van der Waals surface area contributed by atoms with Crippen LogP contribution in [0, 0.1) is 6.92 Å². The maximum absolute atomic E-state index is 12.5. The summed E-state index contributed by atoms with van der Waals surface area (Å²) in [7, 11) is 1.82. The van der Waals surface area contributed by atoms with Crippen molar-refractivity contribution in [2.75, 3.05) is 13.6 Å². The first kappa shape index (κ1) is 14.7. The number of rotatable bonds is 3. The Hall–Kier alpha value is -2.20. The van der Waals surface area contributed by atoms with Gasteiger partial charge < -0.3 is 9.64 Å². The molecule has 22 heavy (non-hydrogen) atoms. The predicted molar refractivity (Wildman–Crippen MR) is 84.7 cm³/mol. The third-order valence-electron chi connectivity index (χ3n) is 4.10. The SMILES string of the molecule is Cc1ncccc1C(=O)N(C)CC1Cc2ccccc2CO1. The normalized spacial score (nSPS) is 16.9. The summed E-state index contributed by atoms with van der Waals surface area (Å²) in [5.41, 5.74) is 3.98. The number of carbonyl (C=O) groups excluding carboxylic acids is 1. The minimum absolute atomic E-state index is 0.00643. The third kappa shape index (κ3) is 3.02. The zero-order valence-electron chi connectivity index (χ0n) is 13.0. The van der Waals surface area contributed by atoms with Crippen LogP contribution in [-0.4, -0.2) is 35.5 Å². The van der Waals surface area contributed by atoms with E-state index in [1.54, 1.807) is 17.2 Å². The van der Waals surface area contributed by atoms with E-state index >= 15 is 0 Å². The molecule has 114 valence electrons. The smallest absolute Gasteiger partial charge is 0.255 e. The lowest BCUT2D eigenvalue weighted by Crippen LogP contribution is -2.38. The standard InChI is InChI=1S/C18H20N2O2/c1-13-17(8-5-9-19-13)18(21)20(2)11-16-10-14-6-3-4-7-15(14)12-22-16/h3-9,16H,10-12H2,1-2H3. The molecule has 1 atom stereocenters. The monoisotopic (exact) mass is 296 g/mol. The first-order chi connectivity index (χ1) is 10.6. The Morgan fingerprint density at radius 2 is 2.05 bits per heavy atom. The molecular formula is C18H20N2O2. The zero-order chi connectivity index (χ0) is 15.5. The maximum atomic E-state index is 12.5. The number of aromatic nitrogens is 1. The molecule has 2 aromatic rings. The number of likely N-dealkylation sites (N-methyl/N-ethyl adjacent to an activating group) is 1. The first-order valence-electron chi connectivity index (χ1n) is 7.50.